The Kier molecular flexibility index (Phi) is 4.13. The second-order valence-electron chi connectivity index (χ2n) is 3.37. The van der Waals surface area contributed by atoms with E-state index >= 15 is 0 Å². The fourth-order valence-electron chi connectivity index (χ4n) is 1.18. The summed E-state index contributed by atoms with van der Waals surface area (Å²) in [4.78, 5) is 10.8. The van der Waals surface area contributed by atoms with E-state index in [1.54, 1.807) is 6.92 Å². The first-order chi connectivity index (χ1) is 7.80. The van der Waals surface area contributed by atoms with E-state index in [2.05, 4.69) is 0 Å². The molecule has 1 aromatic rings. The maximum atomic E-state index is 11.9. The minimum atomic E-state index is -3.65. The lowest BCUT2D eigenvalue weighted by Crippen LogP contribution is -2.26. The van der Waals surface area contributed by atoms with E-state index in [0.717, 1.165) is 10.4 Å². The number of nitrogens with zero attached hydrogens (tertiary/aromatic N) is 1. The van der Waals surface area contributed by atoms with Gasteiger partial charge in [0.15, 0.2) is 0 Å². The number of carboxylic acid groups (broad SMARTS) is 1. The lowest BCUT2D eigenvalue weighted by atomic mass is 10.2. The van der Waals surface area contributed by atoms with Crippen LogP contribution in [0.2, 0.25) is 5.02 Å². The molecule has 0 spiro atoms. The number of benzene rings is 1. The highest BCUT2D eigenvalue weighted by Gasteiger charge is 2.21. The SMILES string of the molecule is CCN(C)S(=O)(=O)c1ccc(Cl)c(C(=O)O)c1. The molecule has 0 saturated heterocycles. The van der Waals surface area contributed by atoms with Crippen molar-refractivity contribution in [3.8, 4) is 0 Å². The number of carbonyl (C=O) groups is 1. The van der Waals surface area contributed by atoms with Gasteiger partial charge >= 0.3 is 5.97 Å². The zero-order valence-corrected chi connectivity index (χ0v) is 10.9. The van der Waals surface area contributed by atoms with Gasteiger partial charge in [-0.2, -0.15) is 0 Å². The average molecular weight is 278 g/mol. The monoisotopic (exact) mass is 277 g/mol. The topological polar surface area (TPSA) is 74.7 Å². The Morgan fingerprint density at radius 2 is 2.06 bits per heavy atom. The van der Waals surface area contributed by atoms with Gasteiger partial charge in [-0.25, -0.2) is 17.5 Å². The van der Waals surface area contributed by atoms with Gasteiger partial charge in [-0.05, 0) is 18.2 Å². The zero-order valence-electron chi connectivity index (χ0n) is 9.34. The minimum Gasteiger partial charge on any atom is -0.478 e. The third kappa shape index (κ3) is 2.77. The van der Waals surface area contributed by atoms with Gasteiger partial charge < -0.3 is 5.11 Å². The predicted octanol–water partition coefficient (Wildman–Crippen LogP) is 1.68. The summed E-state index contributed by atoms with van der Waals surface area (Å²) in [6.45, 7) is 1.99. The molecule has 0 amide bonds. The van der Waals surface area contributed by atoms with E-state index in [1.807, 2.05) is 0 Å². The molecule has 0 aromatic heterocycles. The molecule has 1 aromatic carbocycles. The molecule has 0 heterocycles. The van der Waals surface area contributed by atoms with E-state index in [4.69, 9.17) is 16.7 Å². The second kappa shape index (κ2) is 5.03. The summed E-state index contributed by atoms with van der Waals surface area (Å²) in [5.41, 5.74) is -0.225. The second-order valence-corrected chi connectivity index (χ2v) is 5.82. The zero-order chi connectivity index (χ0) is 13.2. The molecule has 0 saturated carbocycles. The van der Waals surface area contributed by atoms with E-state index in [1.165, 1.54) is 19.2 Å². The van der Waals surface area contributed by atoms with Crippen molar-refractivity contribution in [1.29, 1.82) is 0 Å². The Hall–Kier alpha value is -1.11. The van der Waals surface area contributed by atoms with Gasteiger partial charge in [-0.15, -0.1) is 0 Å². The number of aromatic carboxylic acids is 1. The van der Waals surface area contributed by atoms with E-state index in [0.29, 0.717) is 6.54 Å². The number of carboxylic acids is 1. The van der Waals surface area contributed by atoms with Crippen LogP contribution in [0.3, 0.4) is 0 Å². The normalized spacial score (nSPS) is 11.8. The van der Waals surface area contributed by atoms with Gasteiger partial charge in [-0.3, -0.25) is 0 Å². The third-order valence-electron chi connectivity index (χ3n) is 2.32. The van der Waals surface area contributed by atoms with Gasteiger partial charge in [0.2, 0.25) is 10.0 Å². The number of hydrogen-bond acceptors (Lipinski definition) is 3. The highest BCUT2D eigenvalue weighted by molar-refractivity contribution is 7.89. The lowest BCUT2D eigenvalue weighted by Gasteiger charge is -2.15. The maximum Gasteiger partial charge on any atom is 0.337 e. The Morgan fingerprint density at radius 3 is 2.53 bits per heavy atom. The van der Waals surface area contributed by atoms with Crippen molar-refractivity contribution in [3.63, 3.8) is 0 Å². The summed E-state index contributed by atoms with van der Waals surface area (Å²) < 4.78 is 25.0. The number of rotatable bonds is 4. The van der Waals surface area contributed by atoms with Crippen LogP contribution in [0, 0.1) is 0 Å². The van der Waals surface area contributed by atoms with Crippen molar-refractivity contribution < 1.29 is 18.3 Å². The largest absolute Gasteiger partial charge is 0.478 e. The molecule has 7 heteroatoms. The number of halogens is 1. The molecule has 0 unspecified atom stereocenters. The summed E-state index contributed by atoms with van der Waals surface area (Å²) in [6.07, 6.45) is 0. The van der Waals surface area contributed by atoms with Crippen molar-refractivity contribution in [3.05, 3.63) is 28.8 Å². The third-order valence-corrected chi connectivity index (χ3v) is 4.58. The molecule has 0 bridgehead atoms. The number of hydrogen-bond donors (Lipinski definition) is 1. The van der Waals surface area contributed by atoms with Crippen LogP contribution in [0.1, 0.15) is 17.3 Å². The van der Waals surface area contributed by atoms with Gasteiger partial charge in [0.1, 0.15) is 0 Å². The first-order valence-corrected chi connectivity index (χ1v) is 6.61. The molecule has 0 atom stereocenters. The first kappa shape index (κ1) is 14.0. The molecular weight excluding hydrogens is 266 g/mol. The molecule has 94 valence electrons. The molecule has 17 heavy (non-hydrogen) atoms. The Labute approximate surface area is 105 Å². The van der Waals surface area contributed by atoms with Crippen molar-refractivity contribution in [1.82, 2.24) is 4.31 Å². The molecule has 1 N–H and O–H groups in total. The number of sulfonamides is 1. The van der Waals surface area contributed by atoms with Gasteiger partial charge in [-0.1, -0.05) is 18.5 Å². The molecule has 0 radical (unpaired) electrons. The quantitative estimate of drug-likeness (QED) is 0.908. The average Bonchev–Trinajstić information content (AvgIpc) is 2.27. The minimum absolute atomic E-state index is 0.00982. The summed E-state index contributed by atoms with van der Waals surface area (Å²) in [5.74, 6) is -1.26. The van der Waals surface area contributed by atoms with Crippen LogP contribution in [0.25, 0.3) is 0 Å². The van der Waals surface area contributed by atoms with E-state index in [-0.39, 0.29) is 15.5 Å². The molecule has 0 aliphatic heterocycles. The fourth-order valence-corrected chi connectivity index (χ4v) is 2.58. The van der Waals surface area contributed by atoms with Crippen molar-refractivity contribution in [2.45, 2.75) is 11.8 Å². The highest BCUT2D eigenvalue weighted by atomic mass is 35.5. The summed E-state index contributed by atoms with van der Waals surface area (Å²) in [5, 5.41) is 8.87. The van der Waals surface area contributed by atoms with Crippen molar-refractivity contribution in [2.75, 3.05) is 13.6 Å². The van der Waals surface area contributed by atoms with Crippen LogP contribution in [-0.2, 0) is 10.0 Å². The van der Waals surface area contributed by atoms with E-state index in [9.17, 15) is 13.2 Å². The molecule has 1 rings (SSSR count). The molecule has 5 nitrogen and oxygen atoms in total. The van der Waals surface area contributed by atoms with Crippen LogP contribution in [-0.4, -0.2) is 37.4 Å². The smallest absolute Gasteiger partial charge is 0.337 e. The molecular formula is C10H12ClNO4S. The maximum absolute atomic E-state index is 11.9. The lowest BCUT2D eigenvalue weighted by molar-refractivity contribution is 0.0697. The Balaban J connectivity index is 3.35. The fraction of sp³-hybridized carbons (Fsp3) is 0.300. The van der Waals surface area contributed by atoms with Crippen molar-refractivity contribution in [2.24, 2.45) is 0 Å². The van der Waals surface area contributed by atoms with Crippen molar-refractivity contribution >= 4 is 27.6 Å². The summed E-state index contributed by atoms with van der Waals surface area (Å²) in [7, 11) is -2.23. The first-order valence-electron chi connectivity index (χ1n) is 4.80. The standard InChI is InChI=1S/C10H12ClNO4S/c1-3-12(2)17(15,16)7-4-5-9(11)8(6-7)10(13)14/h4-6H,3H2,1-2H3,(H,13,14). The van der Waals surface area contributed by atoms with Crippen LogP contribution >= 0.6 is 11.6 Å². The Bertz CT molecular complexity index is 541. The van der Waals surface area contributed by atoms with Crippen LogP contribution in [0.4, 0.5) is 0 Å². The summed E-state index contributed by atoms with van der Waals surface area (Å²) in [6, 6.07) is 3.61. The van der Waals surface area contributed by atoms with Gasteiger partial charge in [0, 0.05) is 13.6 Å². The summed E-state index contributed by atoms with van der Waals surface area (Å²) >= 11 is 5.67. The highest BCUT2D eigenvalue weighted by Crippen LogP contribution is 2.22. The molecule has 0 fully saturated rings. The van der Waals surface area contributed by atoms with Crippen LogP contribution < -0.4 is 0 Å². The van der Waals surface area contributed by atoms with E-state index < -0.39 is 16.0 Å². The van der Waals surface area contributed by atoms with Crippen LogP contribution in [0.15, 0.2) is 23.1 Å². The molecule has 0 aliphatic rings. The van der Waals surface area contributed by atoms with Crippen LogP contribution in [0.5, 0.6) is 0 Å². The van der Waals surface area contributed by atoms with Gasteiger partial charge in [0.05, 0.1) is 15.5 Å². The molecule has 0 aliphatic carbocycles. The predicted molar refractivity (Wildman–Crippen MR) is 63.9 cm³/mol. The Morgan fingerprint density at radius 1 is 1.47 bits per heavy atom. The van der Waals surface area contributed by atoms with Gasteiger partial charge in [0.25, 0.3) is 0 Å².